The molecule has 2 atom stereocenters. The third-order valence-electron chi connectivity index (χ3n) is 7.88. The minimum atomic E-state index is 0.0447. The second-order valence-electron chi connectivity index (χ2n) is 9.82. The lowest BCUT2D eigenvalue weighted by molar-refractivity contribution is 0.245. The molecule has 1 N–H and O–H groups in total. The molecule has 35 heavy (non-hydrogen) atoms. The number of nitrogens with zero attached hydrogens (tertiary/aromatic N) is 4. The first kappa shape index (κ1) is 23.9. The Labute approximate surface area is 215 Å². The average molecular weight is 488 g/mol. The van der Waals surface area contributed by atoms with Gasteiger partial charge in [-0.05, 0) is 101 Å². The van der Waals surface area contributed by atoms with Crippen LogP contribution in [-0.2, 0) is 0 Å². The van der Waals surface area contributed by atoms with Gasteiger partial charge in [0.1, 0.15) is 0 Å². The molecule has 6 heteroatoms. The number of aromatic nitrogens is 2. The van der Waals surface area contributed by atoms with Gasteiger partial charge in [0.25, 0.3) is 0 Å². The number of benzene rings is 1. The summed E-state index contributed by atoms with van der Waals surface area (Å²) in [4.78, 5) is 9.61. The van der Waals surface area contributed by atoms with Gasteiger partial charge in [0, 0.05) is 48.1 Å². The van der Waals surface area contributed by atoms with Crippen LogP contribution >= 0.6 is 12.2 Å². The Morgan fingerprint density at radius 2 is 1.74 bits per heavy atom. The monoisotopic (exact) mass is 487 g/mol. The molecule has 0 unspecified atom stereocenters. The van der Waals surface area contributed by atoms with Crippen molar-refractivity contribution in [3.05, 3.63) is 77.4 Å². The first-order valence-electron chi connectivity index (χ1n) is 13.1. The van der Waals surface area contributed by atoms with Crippen LogP contribution in [0.1, 0.15) is 74.3 Å². The highest BCUT2D eigenvalue weighted by Gasteiger charge is 2.44. The van der Waals surface area contributed by atoms with Crippen LogP contribution in [-0.4, -0.2) is 38.7 Å². The van der Waals surface area contributed by atoms with Gasteiger partial charge in [0.15, 0.2) is 5.11 Å². The van der Waals surface area contributed by atoms with Crippen molar-refractivity contribution in [2.45, 2.75) is 71.5 Å². The van der Waals surface area contributed by atoms with Crippen LogP contribution in [0, 0.1) is 13.8 Å². The number of hydrogen-bond donors (Lipinski definition) is 1. The number of nitrogens with one attached hydrogen (secondary N) is 1. The molecule has 3 heterocycles. The second-order valence-corrected chi connectivity index (χ2v) is 10.2. The summed E-state index contributed by atoms with van der Waals surface area (Å²) in [5.41, 5.74) is 7.39. The zero-order valence-corrected chi connectivity index (χ0v) is 22.2. The van der Waals surface area contributed by atoms with E-state index in [1.54, 1.807) is 0 Å². The van der Waals surface area contributed by atoms with E-state index >= 15 is 0 Å². The van der Waals surface area contributed by atoms with Gasteiger partial charge < -0.3 is 19.7 Å². The molecule has 1 aromatic carbocycles. The summed E-state index contributed by atoms with van der Waals surface area (Å²) in [6.07, 6.45) is 6.86. The number of thiocarbonyl (C=S) groups is 1. The fourth-order valence-corrected chi connectivity index (χ4v) is 6.55. The Hall–Kier alpha value is -2.86. The highest BCUT2D eigenvalue weighted by atomic mass is 32.1. The Morgan fingerprint density at radius 3 is 2.37 bits per heavy atom. The lowest BCUT2D eigenvalue weighted by Gasteiger charge is -2.33. The topological polar surface area (TPSA) is 36.3 Å². The molecule has 2 fully saturated rings. The summed E-state index contributed by atoms with van der Waals surface area (Å²) >= 11 is 5.94. The average Bonchev–Trinajstić information content (AvgIpc) is 3.59. The van der Waals surface area contributed by atoms with Gasteiger partial charge in [0.05, 0.1) is 17.8 Å². The Balaban J connectivity index is 1.56. The number of anilines is 1. The van der Waals surface area contributed by atoms with Crippen LogP contribution in [0.2, 0.25) is 0 Å². The quantitative estimate of drug-likeness (QED) is 0.399. The van der Waals surface area contributed by atoms with Crippen molar-refractivity contribution >= 4 is 23.0 Å². The zero-order chi connectivity index (χ0) is 24.5. The molecule has 0 radical (unpaired) electrons. The highest BCUT2D eigenvalue weighted by molar-refractivity contribution is 7.80. The molecule has 0 bridgehead atoms. The Morgan fingerprint density at radius 1 is 1.03 bits per heavy atom. The smallest absolute Gasteiger partial charge is 0.170 e. The van der Waals surface area contributed by atoms with Crippen molar-refractivity contribution in [3.63, 3.8) is 0 Å². The van der Waals surface area contributed by atoms with Crippen LogP contribution in [0.25, 0.3) is 5.69 Å². The van der Waals surface area contributed by atoms with Crippen molar-refractivity contribution in [2.24, 2.45) is 0 Å². The van der Waals surface area contributed by atoms with Crippen LogP contribution in [0.4, 0.5) is 5.69 Å². The summed E-state index contributed by atoms with van der Waals surface area (Å²) in [6, 6.07) is 18.2. The van der Waals surface area contributed by atoms with Crippen molar-refractivity contribution in [1.82, 2.24) is 19.8 Å². The SMILES string of the molecule is CCN(CC)c1ccc(-n2c(C)cc([C@@H]3[C@H](c4ccccn4)NC(=S)N3C3CCCC3)c2C)cc1. The summed E-state index contributed by atoms with van der Waals surface area (Å²) < 4.78 is 2.39. The summed E-state index contributed by atoms with van der Waals surface area (Å²) in [6.45, 7) is 10.9. The van der Waals surface area contributed by atoms with E-state index in [0.29, 0.717) is 6.04 Å². The molecule has 1 saturated heterocycles. The fourth-order valence-electron chi connectivity index (χ4n) is 6.16. The van der Waals surface area contributed by atoms with Crippen LogP contribution < -0.4 is 10.2 Å². The predicted molar refractivity (Wildman–Crippen MR) is 148 cm³/mol. The number of pyridine rings is 1. The molecule has 0 amide bonds. The normalized spacial score (nSPS) is 20.5. The molecule has 2 aliphatic rings. The minimum absolute atomic E-state index is 0.0447. The van der Waals surface area contributed by atoms with Gasteiger partial charge in [-0.25, -0.2) is 0 Å². The largest absolute Gasteiger partial charge is 0.372 e. The lowest BCUT2D eigenvalue weighted by Crippen LogP contribution is -2.37. The van der Waals surface area contributed by atoms with E-state index in [-0.39, 0.29) is 12.1 Å². The maximum absolute atomic E-state index is 5.94. The van der Waals surface area contributed by atoms with Gasteiger partial charge in [0.2, 0.25) is 0 Å². The van der Waals surface area contributed by atoms with Gasteiger partial charge in [-0.3, -0.25) is 4.98 Å². The third kappa shape index (κ3) is 4.33. The van der Waals surface area contributed by atoms with E-state index in [4.69, 9.17) is 17.2 Å². The van der Waals surface area contributed by atoms with E-state index in [1.165, 1.54) is 54.0 Å². The molecule has 5 rings (SSSR count). The Bertz CT molecular complexity index is 1160. The molecular weight excluding hydrogens is 450 g/mol. The molecule has 1 aliphatic carbocycles. The number of rotatable bonds is 7. The molecule has 184 valence electrons. The van der Waals surface area contributed by atoms with Crippen molar-refractivity contribution in [1.29, 1.82) is 0 Å². The minimum Gasteiger partial charge on any atom is -0.372 e. The summed E-state index contributed by atoms with van der Waals surface area (Å²) in [7, 11) is 0. The zero-order valence-electron chi connectivity index (χ0n) is 21.4. The molecule has 1 aliphatic heterocycles. The van der Waals surface area contributed by atoms with Crippen molar-refractivity contribution in [3.8, 4) is 5.69 Å². The third-order valence-corrected chi connectivity index (χ3v) is 8.21. The molecular formula is C29H37N5S. The summed E-state index contributed by atoms with van der Waals surface area (Å²) in [5, 5.41) is 4.52. The van der Waals surface area contributed by atoms with Gasteiger partial charge in [-0.15, -0.1) is 0 Å². The number of hydrogen-bond acceptors (Lipinski definition) is 3. The van der Waals surface area contributed by atoms with E-state index in [1.807, 2.05) is 12.3 Å². The van der Waals surface area contributed by atoms with Crippen LogP contribution in [0.15, 0.2) is 54.7 Å². The molecule has 1 saturated carbocycles. The molecule has 0 spiro atoms. The van der Waals surface area contributed by atoms with Gasteiger partial charge >= 0.3 is 0 Å². The molecule has 3 aromatic rings. The maximum atomic E-state index is 5.94. The first-order chi connectivity index (χ1) is 17.0. The lowest BCUT2D eigenvalue weighted by atomic mass is 9.95. The van der Waals surface area contributed by atoms with E-state index in [0.717, 1.165) is 23.9 Å². The van der Waals surface area contributed by atoms with Crippen molar-refractivity contribution < 1.29 is 0 Å². The molecule has 5 nitrogen and oxygen atoms in total. The standard InChI is InChI=1S/C29H37N5S/c1-5-32(6-2)22-14-16-24(17-15-22)33-20(3)19-25(21(33)4)28-27(26-13-9-10-18-30-26)31-29(35)34(28)23-11-7-8-12-23/h9-10,13-19,23,27-28H,5-8,11-12H2,1-4H3,(H,31,35)/t27-,28+/m0/s1. The second kappa shape index (κ2) is 10.0. The highest BCUT2D eigenvalue weighted by Crippen LogP contribution is 2.44. The van der Waals surface area contributed by atoms with Gasteiger partial charge in [-0.1, -0.05) is 18.9 Å². The van der Waals surface area contributed by atoms with Crippen molar-refractivity contribution in [2.75, 3.05) is 18.0 Å². The van der Waals surface area contributed by atoms with E-state index < -0.39 is 0 Å². The molecule has 2 aromatic heterocycles. The first-order valence-corrected chi connectivity index (χ1v) is 13.5. The maximum Gasteiger partial charge on any atom is 0.170 e. The summed E-state index contributed by atoms with van der Waals surface area (Å²) in [5.74, 6) is 0. The predicted octanol–water partition coefficient (Wildman–Crippen LogP) is 6.25. The Kier molecular flexibility index (Phi) is 6.83. The fraction of sp³-hybridized carbons (Fsp3) is 0.448. The van der Waals surface area contributed by atoms with E-state index in [2.05, 4.69) is 89.8 Å². The van der Waals surface area contributed by atoms with Gasteiger partial charge in [-0.2, -0.15) is 0 Å². The van der Waals surface area contributed by atoms with Crippen LogP contribution in [0.3, 0.4) is 0 Å². The number of aryl methyl sites for hydroxylation is 1. The van der Waals surface area contributed by atoms with Crippen LogP contribution in [0.5, 0.6) is 0 Å². The van der Waals surface area contributed by atoms with E-state index in [9.17, 15) is 0 Å².